The second kappa shape index (κ2) is 5.22. The number of carbonyl (C=O) groups is 1. The van der Waals surface area contributed by atoms with E-state index in [-0.39, 0.29) is 5.91 Å². The third kappa shape index (κ3) is 2.30. The van der Waals surface area contributed by atoms with Crippen LogP contribution in [0.2, 0.25) is 0 Å². The van der Waals surface area contributed by atoms with Crippen molar-refractivity contribution < 1.29 is 4.79 Å². The minimum atomic E-state index is -0.218. The number of nitrogens with two attached hydrogens (primary N) is 1. The van der Waals surface area contributed by atoms with Gasteiger partial charge in [-0.3, -0.25) is 9.78 Å². The monoisotopic (exact) mass is 285 g/mol. The molecule has 0 unspecified atom stereocenters. The third-order valence-corrected chi connectivity index (χ3v) is 3.92. The first kappa shape index (κ1) is 12.5. The van der Waals surface area contributed by atoms with E-state index in [1.807, 2.05) is 12.1 Å². The van der Waals surface area contributed by atoms with Gasteiger partial charge in [0.05, 0.1) is 22.6 Å². The van der Waals surface area contributed by atoms with Gasteiger partial charge in [-0.05, 0) is 18.2 Å². The predicted octanol–water partition coefficient (Wildman–Crippen LogP) is 1.60. The average molecular weight is 285 g/mol. The zero-order chi connectivity index (χ0) is 13.9. The highest BCUT2D eigenvalue weighted by Gasteiger charge is 2.16. The standard InChI is InChI=1S/C13H11N5OS/c14-10-11-9(2-1-4-16-11)20-12(10)13(19)17-6-8-3-5-15-7-18-8/h1-5,7H,6,14H2,(H,17,19). The second-order valence-electron chi connectivity index (χ2n) is 4.08. The molecular formula is C13H11N5OS. The molecule has 0 bridgehead atoms. The van der Waals surface area contributed by atoms with Gasteiger partial charge in [0.15, 0.2) is 0 Å². The first-order valence-electron chi connectivity index (χ1n) is 5.92. The summed E-state index contributed by atoms with van der Waals surface area (Å²) in [6.07, 6.45) is 4.74. The maximum absolute atomic E-state index is 12.2. The molecule has 0 aliphatic rings. The van der Waals surface area contributed by atoms with Crippen molar-refractivity contribution in [3.05, 3.63) is 47.5 Å². The summed E-state index contributed by atoms with van der Waals surface area (Å²) in [5, 5.41) is 2.79. The lowest BCUT2D eigenvalue weighted by molar-refractivity contribution is 0.0955. The van der Waals surface area contributed by atoms with E-state index in [1.165, 1.54) is 17.7 Å². The number of rotatable bonds is 3. The van der Waals surface area contributed by atoms with Crippen LogP contribution in [0.4, 0.5) is 5.69 Å². The van der Waals surface area contributed by atoms with Crippen LogP contribution in [0.15, 0.2) is 36.9 Å². The second-order valence-corrected chi connectivity index (χ2v) is 5.13. The molecule has 3 rings (SSSR count). The highest BCUT2D eigenvalue weighted by atomic mass is 32.1. The summed E-state index contributed by atoms with van der Waals surface area (Å²) in [6.45, 7) is 0.336. The number of nitrogens with zero attached hydrogens (tertiary/aromatic N) is 3. The number of nitrogens with one attached hydrogen (secondary N) is 1. The van der Waals surface area contributed by atoms with Crippen molar-refractivity contribution in [2.45, 2.75) is 6.54 Å². The number of anilines is 1. The number of hydrogen-bond donors (Lipinski definition) is 2. The van der Waals surface area contributed by atoms with Crippen molar-refractivity contribution >= 4 is 33.1 Å². The molecule has 0 radical (unpaired) electrons. The van der Waals surface area contributed by atoms with Gasteiger partial charge < -0.3 is 11.1 Å². The first-order valence-corrected chi connectivity index (χ1v) is 6.73. The van der Waals surface area contributed by atoms with Gasteiger partial charge in [-0.15, -0.1) is 11.3 Å². The van der Waals surface area contributed by atoms with Crippen LogP contribution in [0, 0.1) is 0 Å². The predicted molar refractivity (Wildman–Crippen MR) is 77.2 cm³/mol. The Morgan fingerprint density at radius 3 is 2.95 bits per heavy atom. The molecule has 0 aliphatic heterocycles. The van der Waals surface area contributed by atoms with Crippen molar-refractivity contribution in [3.63, 3.8) is 0 Å². The van der Waals surface area contributed by atoms with Gasteiger partial charge in [-0.2, -0.15) is 0 Å². The molecule has 0 spiro atoms. The summed E-state index contributed by atoms with van der Waals surface area (Å²) >= 11 is 1.33. The minimum Gasteiger partial charge on any atom is -0.396 e. The molecule has 0 aromatic carbocycles. The smallest absolute Gasteiger partial charge is 0.263 e. The number of carbonyl (C=O) groups excluding carboxylic acids is 1. The van der Waals surface area contributed by atoms with Crippen LogP contribution in [0.25, 0.3) is 10.2 Å². The maximum atomic E-state index is 12.2. The fourth-order valence-corrected chi connectivity index (χ4v) is 2.79. The number of thiophene rings is 1. The molecule has 100 valence electrons. The Bertz CT molecular complexity index is 756. The molecule has 0 saturated carbocycles. The van der Waals surface area contributed by atoms with Crippen molar-refractivity contribution in [1.29, 1.82) is 0 Å². The van der Waals surface area contributed by atoms with Crippen LogP contribution < -0.4 is 11.1 Å². The number of amides is 1. The molecule has 0 aliphatic carbocycles. The molecular weight excluding hydrogens is 274 g/mol. The van der Waals surface area contributed by atoms with Crippen LogP contribution in [0.3, 0.4) is 0 Å². The Morgan fingerprint density at radius 2 is 2.20 bits per heavy atom. The van der Waals surface area contributed by atoms with Crippen LogP contribution in [0.5, 0.6) is 0 Å². The van der Waals surface area contributed by atoms with Crippen LogP contribution in [-0.4, -0.2) is 20.9 Å². The number of hydrogen-bond acceptors (Lipinski definition) is 6. The van der Waals surface area contributed by atoms with Crippen molar-refractivity contribution in [3.8, 4) is 0 Å². The lowest BCUT2D eigenvalue weighted by Gasteiger charge is -2.03. The van der Waals surface area contributed by atoms with E-state index in [0.717, 1.165) is 10.4 Å². The van der Waals surface area contributed by atoms with Crippen molar-refractivity contribution in [1.82, 2.24) is 20.3 Å². The Morgan fingerprint density at radius 1 is 1.30 bits per heavy atom. The van der Waals surface area contributed by atoms with Crippen molar-refractivity contribution in [2.75, 3.05) is 5.73 Å². The number of nitrogen functional groups attached to an aromatic ring is 1. The van der Waals surface area contributed by atoms with Gasteiger partial charge in [0.25, 0.3) is 5.91 Å². The normalized spacial score (nSPS) is 10.6. The summed E-state index contributed by atoms with van der Waals surface area (Å²) in [5.41, 5.74) is 7.81. The maximum Gasteiger partial charge on any atom is 0.263 e. The molecule has 7 heteroatoms. The molecule has 3 heterocycles. The fourth-order valence-electron chi connectivity index (χ4n) is 1.79. The lowest BCUT2D eigenvalue weighted by Crippen LogP contribution is -2.23. The lowest BCUT2D eigenvalue weighted by atomic mass is 10.3. The fraction of sp³-hybridized carbons (Fsp3) is 0.0769. The molecule has 3 N–H and O–H groups in total. The molecule has 3 aromatic rings. The van der Waals surface area contributed by atoms with Crippen molar-refractivity contribution in [2.24, 2.45) is 0 Å². The average Bonchev–Trinajstić information content (AvgIpc) is 2.84. The van der Waals surface area contributed by atoms with Gasteiger partial charge in [0.1, 0.15) is 16.7 Å². The summed E-state index contributed by atoms with van der Waals surface area (Å²) < 4.78 is 0.900. The molecule has 3 aromatic heterocycles. The first-order chi connectivity index (χ1) is 9.75. The van der Waals surface area contributed by atoms with Crippen LogP contribution in [-0.2, 0) is 6.54 Å². The zero-order valence-electron chi connectivity index (χ0n) is 10.4. The highest BCUT2D eigenvalue weighted by molar-refractivity contribution is 7.21. The van der Waals surface area contributed by atoms with E-state index in [2.05, 4.69) is 20.3 Å². The Balaban J connectivity index is 1.81. The Hall–Kier alpha value is -2.54. The van der Waals surface area contributed by atoms with E-state index in [1.54, 1.807) is 18.5 Å². The molecule has 0 atom stereocenters. The topological polar surface area (TPSA) is 93.8 Å². The molecule has 6 nitrogen and oxygen atoms in total. The van der Waals surface area contributed by atoms with Gasteiger partial charge in [-0.1, -0.05) is 0 Å². The minimum absolute atomic E-state index is 0.218. The van der Waals surface area contributed by atoms with Crippen LogP contribution in [0.1, 0.15) is 15.4 Å². The Labute approximate surface area is 118 Å². The molecule has 20 heavy (non-hydrogen) atoms. The van der Waals surface area contributed by atoms with E-state index in [9.17, 15) is 4.79 Å². The Kier molecular flexibility index (Phi) is 3.26. The molecule has 0 saturated heterocycles. The number of aromatic nitrogens is 3. The van der Waals surface area contributed by atoms with E-state index < -0.39 is 0 Å². The summed E-state index contributed by atoms with van der Waals surface area (Å²) in [4.78, 5) is 24.7. The van der Waals surface area contributed by atoms with Gasteiger partial charge >= 0.3 is 0 Å². The third-order valence-electron chi connectivity index (χ3n) is 2.76. The number of pyridine rings is 1. The molecule has 1 amide bonds. The SMILES string of the molecule is Nc1c(C(=O)NCc2ccncn2)sc2cccnc12. The largest absolute Gasteiger partial charge is 0.396 e. The van der Waals surface area contributed by atoms with Crippen LogP contribution >= 0.6 is 11.3 Å². The summed E-state index contributed by atoms with van der Waals surface area (Å²) in [7, 11) is 0. The molecule has 0 fully saturated rings. The summed E-state index contributed by atoms with van der Waals surface area (Å²) in [6, 6.07) is 5.46. The van der Waals surface area contributed by atoms with Gasteiger partial charge in [0.2, 0.25) is 0 Å². The van der Waals surface area contributed by atoms with E-state index in [4.69, 9.17) is 5.73 Å². The van der Waals surface area contributed by atoms with Gasteiger partial charge in [0, 0.05) is 12.4 Å². The highest BCUT2D eigenvalue weighted by Crippen LogP contribution is 2.31. The summed E-state index contributed by atoms with van der Waals surface area (Å²) in [5.74, 6) is -0.218. The van der Waals surface area contributed by atoms with E-state index in [0.29, 0.717) is 22.6 Å². The van der Waals surface area contributed by atoms with Gasteiger partial charge in [-0.25, -0.2) is 9.97 Å². The zero-order valence-corrected chi connectivity index (χ0v) is 11.2. The van der Waals surface area contributed by atoms with E-state index >= 15 is 0 Å². The number of fused-ring (bicyclic) bond motifs is 1. The quantitative estimate of drug-likeness (QED) is 0.762.